The van der Waals surface area contributed by atoms with E-state index in [2.05, 4.69) is 15.5 Å². The number of urea groups is 1. The van der Waals surface area contributed by atoms with Crippen LogP contribution in [0.2, 0.25) is 0 Å². The van der Waals surface area contributed by atoms with Crippen LogP contribution < -0.4 is 5.32 Å². The third kappa shape index (κ3) is 3.75. The summed E-state index contributed by atoms with van der Waals surface area (Å²) in [6, 6.07) is -0.369. The van der Waals surface area contributed by atoms with Gasteiger partial charge in [-0.2, -0.15) is 0 Å². The molecule has 3 amide bonds. The first kappa shape index (κ1) is 16.3. The minimum Gasteiger partial charge on any atom is -0.466 e. The first-order chi connectivity index (χ1) is 10.5. The van der Waals surface area contributed by atoms with Crippen molar-refractivity contribution < 1.29 is 19.1 Å². The van der Waals surface area contributed by atoms with Crippen LogP contribution in [0.1, 0.15) is 12.7 Å². The van der Waals surface area contributed by atoms with E-state index in [4.69, 9.17) is 4.74 Å². The highest BCUT2D eigenvalue weighted by molar-refractivity contribution is 7.99. The van der Waals surface area contributed by atoms with Crippen LogP contribution in [0.4, 0.5) is 4.79 Å². The van der Waals surface area contributed by atoms with E-state index in [-0.39, 0.29) is 30.1 Å². The van der Waals surface area contributed by atoms with Crippen LogP contribution in [0.15, 0.2) is 5.16 Å². The smallest absolute Gasteiger partial charge is 0.324 e. The SMILES string of the molecule is CCOC(=O)Cc1nnc(SCC(=O)N2CCNC2=O)n1C. The molecule has 0 bridgehead atoms. The predicted octanol–water partition coefficient (Wildman–Crippen LogP) is -0.435. The molecule has 0 unspecified atom stereocenters. The Kier molecular flexibility index (Phi) is 5.36. The highest BCUT2D eigenvalue weighted by atomic mass is 32.2. The van der Waals surface area contributed by atoms with E-state index < -0.39 is 0 Å². The number of hydrogen-bond donors (Lipinski definition) is 1. The molecule has 1 fully saturated rings. The highest BCUT2D eigenvalue weighted by Gasteiger charge is 2.26. The maximum atomic E-state index is 11.9. The Labute approximate surface area is 131 Å². The Morgan fingerprint density at radius 3 is 2.82 bits per heavy atom. The molecule has 120 valence electrons. The van der Waals surface area contributed by atoms with Crippen molar-refractivity contribution in [1.82, 2.24) is 25.0 Å². The molecule has 0 saturated carbocycles. The van der Waals surface area contributed by atoms with E-state index in [0.717, 1.165) is 0 Å². The zero-order valence-electron chi connectivity index (χ0n) is 12.4. The van der Waals surface area contributed by atoms with Crippen LogP contribution in [-0.4, -0.2) is 63.0 Å². The van der Waals surface area contributed by atoms with Crippen molar-refractivity contribution in [2.75, 3.05) is 25.4 Å². The number of aromatic nitrogens is 3. The number of carbonyl (C=O) groups is 3. The fraction of sp³-hybridized carbons (Fsp3) is 0.583. The molecule has 1 aromatic rings. The molecule has 10 heteroatoms. The van der Waals surface area contributed by atoms with Crippen molar-refractivity contribution >= 4 is 29.7 Å². The Bertz CT molecular complexity index is 588. The van der Waals surface area contributed by atoms with Gasteiger partial charge in [0, 0.05) is 20.1 Å². The molecule has 1 saturated heterocycles. The van der Waals surface area contributed by atoms with E-state index in [9.17, 15) is 14.4 Å². The minimum atomic E-state index is -0.376. The summed E-state index contributed by atoms with van der Waals surface area (Å²) in [6.07, 6.45) is 0.0282. The van der Waals surface area contributed by atoms with Gasteiger partial charge in [0.1, 0.15) is 12.2 Å². The molecule has 1 aromatic heterocycles. The predicted molar refractivity (Wildman–Crippen MR) is 77.2 cm³/mol. The van der Waals surface area contributed by atoms with Gasteiger partial charge >= 0.3 is 12.0 Å². The third-order valence-electron chi connectivity index (χ3n) is 3.02. The number of ether oxygens (including phenoxy) is 1. The van der Waals surface area contributed by atoms with Crippen molar-refractivity contribution in [1.29, 1.82) is 0 Å². The lowest BCUT2D eigenvalue weighted by Crippen LogP contribution is -2.35. The van der Waals surface area contributed by atoms with Crippen LogP contribution in [0.25, 0.3) is 0 Å². The molecule has 0 aromatic carbocycles. The normalized spacial score (nSPS) is 14.1. The molecule has 1 aliphatic rings. The summed E-state index contributed by atoms with van der Waals surface area (Å²) < 4.78 is 6.49. The second-order valence-electron chi connectivity index (χ2n) is 4.51. The second-order valence-corrected chi connectivity index (χ2v) is 5.45. The van der Waals surface area contributed by atoms with Crippen molar-refractivity contribution in [3.05, 3.63) is 5.82 Å². The quantitative estimate of drug-likeness (QED) is 0.558. The average molecular weight is 327 g/mol. The second kappa shape index (κ2) is 7.25. The standard InChI is InChI=1S/C12H17N5O4S/c1-3-21-10(19)6-8-14-15-12(16(8)2)22-7-9(18)17-5-4-13-11(17)20/h3-7H2,1-2H3,(H,13,20). The molecular formula is C12H17N5O4S. The van der Waals surface area contributed by atoms with Crippen molar-refractivity contribution in [3.63, 3.8) is 0 Å². The number of nitrogens with one attached hydrogen (secondary N) is 1. The average Bonchev–Trinajstić information content (AvgIpc) is 3.04. The number of hydrogen-bond acceptors (Lipinski definition) is 7. The first-order valence-corrected chi connectivity index (χ1v) is 7.76. The van der Waals surface area contributed by atoms with Gasteiger partial charge in [0.2, 0.25) is 5.91 Å². The van der Waals surface area contributed by atoms with Gasteiger partial charge in [-0.15, -0.1) is 10.2 Å². The lowest BCUT2D eigenvalue weighted by Gasteiger charge is -2.11. The van der Waals surface area contributed by atoms with Gasteiger partial charge in [-0.25, -0.2) is 4.79 Å². The number of rotatable bonds is 6. The Hall–Kier alpha value is -2.10. The summed E-state index contributed by atoms with van der Waals surface area (Å²) in [5.74, 6) is -0.111. The van der Waals surface area contributed by atoms with Crippen LogP contribution in [0.3, 0.4) is 0 Å². The summed E-state index contributed by atoms with van der Waals surface area (Å²) >= 11 is 1.17. The largest absolute Gasteiger partial charge is 0.466 e. The van der Waals surface area contributed by atoms with E-state index in [1.54, 1.807) is 18.5 Å². The fourth-order valence-electron chi connectivity index (χ4n) is 1.88. The maximum absolute atomic E-state index is 11.9. The van der Waals surface area contributed by atoms with Gasteiger partial charge in [0.15, 0.2) is 5.16 Å². The lowest BCUT2D eigenvalue weighted by molar-refractivity contribution is -0.142. The lowest BCUT2D eigenvalue weighted by atomic mass is 10.4. The fourth-order valence-corrected chi connectivity index (χ4v) is 2.69. The summed E-state index contributed by atoms with van der Waals surface area (Å²) in [5.41, 5.74) is 0. The number of amides is 3. The van der Waals surface area contributed by atoms with Crippen molar-refractivity contribution in [2.24, 2.45) is 7.05 Å². The van der Waals surface area contributed by atoms with Gasteiger partial charge in [-0.05, 0) is 6.92 Å². The molecule has 1 N–H and O–H groups in total. The van der Waals surface area contributed by atoms with Gasteiger partial charge in [0.05, 0.1) is 12.4 Å². The Morgan fingerprint density at radius 1 is 1.41 bits per heavy atom. The van der Waals surface area contributed by atoms with E-state index in [0.29, 0.717) is 30.7 Å². The summed E-state index contributed by atoms with van der Waals surface area (Å²) in [7, 11) is 1.71. The number of esters is 1. The van der Waals surface area contributed by atoms with Crippen molar-refractivity contribution in [2.45, 2.75) is 18.5 Å². The van der Waals surface area contributed by atoms with Gasteiger partial charge in [0.25, 0.3) is 0 Å². The van der Waals surface area contributed by atoms with Crippen LogP contribution in [-0.2, 0) is 27.8 Å². The van der Waals surface area contributed by atoms with E-state index in [1.807, 2.05) is 0 Å². The number of nitrogens with zero attached hydrogens (tertiary/aromatic N) is 4. The number of thioether (sulfide) groups is 1. The van der Waals surface area contributed by atoms with Crippen LogP contribution >= 0.6 is 11.8 Å². The maximum Gasteiger partial charge on any atom is 0.324 e. The van der Waals surface area contributed by atoms with E-state index in [1.165, 1.54) is 16.7 Å². The molecule has 2 rings (SSSR count). The van der Waals surface area contributed by atoms with Crippen molar-refractivity contribution in [3.8, 4) is 0 Å². The molecule has 0 aliphatic carbocycles. The van der Waals surface area contributed by atoms with Gasteiger partial charge in [-0.1, -0.05) is 11.8 Å². The molecule has 0 atom stereocenters. The molecule has 0 spiro atoms. The first-order valence-electron chi connectivity index (χ1n) is 6.77. The van der Waals surface area contributed by atoms with Crippen LogP contribution in [0, 0.1) is 0 Å². The zero-order chi connectivity index (χ0) is 16.1. The Balaban J connectivity index is 1.91. The summed E-state index contributed by atoms with van der Waals surface area (Å²) in [6.45, 7) is 2.90. The molecular weight excluding hydrogens is 310 g/mol. The highest BCUT2D eigenvalue weighted by Crippen LogP contribution is 2.17. The van der Waals surface area contributed by atoms with Crippen LogP contribution in [0.5, 0.6) is 0 Å². The monoisotopic (exact) mass is 327 g/mol. The molecule has 1 aliphatic heterocycles. The topological polar surface area (TPSA) is 106 Å². The number of carbonyl (C=O) groups excluding carboxylic acids is 3. The molecule has 2 heterocycles. The summed E-state index contributed by atoms with van der Waals surface area (Å²) in [4.78, 5) is 35.9. The summed E-state index contributed by atoms with van der Waals surface area (Å²) in [5, 5.41) is 10.9. The Morgan fingerprint density at radius 2 is 2.18 bits per heavy atom. The number of imide groups is 1. The zero-order valence-corrected chi connectivity index (χ0v) is 13.2. The van der Waals surface area contributed by atoms with E-state index >= 15 is 0 Å². The van der Waals surface area contributed by atoms with Gasteiger partial charge < -0.3 is 14.6 Å². The van der Waals surface area contributed by atoms with Gasteiger partial charge in [-0.3, -0.25) is 14.5 Å². The molecule has 0 radical (unpaired) electrons. The minimum absolute atomic E-state index is 0.0282. The molecule has 22 heavy (non-hydrogen) atoms. The third-order valence-corrected chi connectivity index (χ3v) is 4.02. The molecule has 9 nitrogen and oxygen atoms in total.